The number of pyridine rings is 1. The van der Waals surface area contributed by atoms with Gasteiger partial charge in [0, 0.05) is 52.2 Å². The number of hydrogen-bond donors (Lipinski definition) is 1. The summed E-state index contributed by atoms with van der Waals surface area (Å²) in [6.45, 7) is 7.49. The Morgan fingerprint density at radius 2 is 1.95 bits per heavy atom. The van der Waals surface area contributed by atoms with Gasteiger partial charge in [-0.1, -0.05) is 6.08 Å². The van der Waals surface area contributed by atoms with Crippen molar-refractivity contribution >= 4 is 0 Å². The highest BCUT2D eigenvalue weighted by Gasteiger charge is 2.10. The van der Waals surface area contributed by atoms with Crippen LogP contribution in [-0.2, 0) is 22.6 Å². The molecule has 6 heteroatoms. The van der Waals surface area contributed by atoms with Crippen LogP contribution in [0, 0.1) is 0 Å². The molecular formula is C15H24N2O4. The molecule has 0 aromatic carbocycles. The number of rotatable bonds is 10. The third-order valence-electron chi connectivity index (χ3n) is 3.13. The fourth-order valence-electron chi connectivity index (χ4n) is 1.99. The number of hydrogen-bond acceptors (Lipinski definition) is 5. The van der Waals surface area contributed by atoms with Crippen molar-refractivity contribution < 1.29 is 14.6 Å². The highest BCUT2D eigenvalue weighted by atomic mass is 16.5. The molecule has 0 saturated carbocycles. The number of aromatic hydroxyl groups is 1. The summed E-state index contributed by atoms with van der Waals surface area (Å²) in [5.41, 5.74) is 0.452. The zero-order valence-corrected chi connectivity index (χ0v) is 12.7. The summed E-state index contributed by atoms with van der Waals surface area (Å²) < 4.78 is 12.0. The van der Waals surface area contributed by atoms with Crippen molar-refractivity contribution in [2.24, 2.45) is 0 Å². The van der Waals surface area contributed by atoms with Gasteiger partial charge in [-0.25, -0.2) is 0 Å². The zero-order valence-electron chi connectivity index (χ0n) is 12.7. The minimum absolute atomic E-state index is 0.249. The second-order valence-electron chi connectivity index (χ2n) is 4.72. The van der Waals surface area contributed by atoms with Crippen molar-refractivity contribution in [3.05, 3.63) is 40.8 Å². The molecule has 0 aliphatic rings. The Kier molecular flexibility index (Phi) is 7.74. The van der Waals surface area contributed by atoms with E-state index in [1.54, 1.807) is 20.3 Å². The van der Waals surface area contributed by atoms with Gasteiger partial charge in [0.1, 0.15) is 0 Å². The van der Waals surface area contributed by atoms with Gasteiger partial charge in [0.2, 0.25) is 5.43 Å². The molecule has 0 fully saturated rings. The molecule has 0 saturated heterocycles. The molecule has 0 radical (unpaired) electrons. The van der Waals surface area contributed by atoms with Crippen molar-refractivity contribution in [1.82, 2.24) is 9.47 Å². The second kappa shape index (κ2) is 9.33. The Morgan fingerprint density at radius 1 is 1.33 bits per heavy atom. The van der Waals surface area contributed by atoms with Crippen molar-refractivity contribution in [2.75, 3.05) is 40.5 Å². The SMILES string of the molecule is C=CCn1cc(O)c(=O)cc1CN(CCOC)CCOC. The van der Waals surface area contributed by atoms with Crippen LogP contribution >= 0.6 is 0 Å². The van der Waals surface area contributed by atoms with Crippen molar-refractivity contribution in [1.29, 1.82) is 0 Å². The molecule has 0 unspecified atom stereocenters. The van der Waals surface area contributed by atoms with Crippen LogP contribution in [0.2, 0.25) is 0 Å². The Labute approximate surface area is 125 Å². The van der Waals surface area contributed by atoms with E-state index in [2.05, 4.69) is 11.5 Å². The second-order valence-corrected chi connectivity index (χ2v) is 4.72. The molecule has 1 aromatic rings. The maximum absolute atomic E-state index is 11.6. The monoisotopic (exact) mass is 296 g/mol. The minimum Gasteiger partial charge on any atom is -0.503 e. The van der Waals surface area contributed by atoms with Crippen molar-refractivity contribution in [3.63, 3.8) is 0 Å². The number of allylic oxidation sites excluding steroid dienone is 1. The van der Waals surface area contributed by atoms with E-state index < -0.39 is 0 Å². The molecule has 0 atom stereocenters. The van der Waals surface area contributed by atoms with E-state index >= 15 is 0 Å². The lowest BCUT2D eigenvalue weighted by molar-refractivity contribution is 0.109. The van der Waals surface area contributed by atoms with Crippen molar-refractivity contribution in [2.45, 2.75) is 13.1 Å². The lowest BCUT2D eigenvalue weighted by Crippen LogP contribution is -2.32. The molecule has 21 heavy (non-hydrogen) atoms. The van der Waals surface area contributed by atoms with Crippen LogP contribution in [0.15, 0.2) is 29.7 Å². The normalized spacial score (nSPS) is 11.0. The fraction of sp³-hybridized carbons (Fsp3) is 0.533. The quantitative estimate of drug-likeness (QED) is 0.648. The summed E-state index contributed by atoms with van der Waals surface area (Å²) in [7, 11) is 3.31. The molecule has 6 nitrogen and oxygen atoms in total. The average Bonchev–Trinajstić information content (AvgIpc) is 2.47. The van der Waals surface area contributed by atoms with E-state index in [4.69, 9.17) is 9.47 Å². The smallest absolute Gasteiger partial charge is 0.223 e. The van der Waals surface area contributed by atoms with Gasteiger partial charge in [-0.2, -0.15) is 0 Å². The van der Waals surface area contributed by atoms with Crippen LogP contribution in [0.5, 0.6) is 5.75 Å². The van der Waals surface area contributed by atoms with Gasteiger partial charge in [-0.15, -0.1) is 6.58 Å². The van der Waals surface area contributed by atoms with Crippen LogP contribution in [-0.4, -0.2) is 55.1 Å². The summed E-state index contributed by atoms with van der Waals surface area (Å²) in [5.74, 6) is -0.249. The average molecular weight is 296 g/mol. The molecule has 1 heterocycles. The van der Waals surface area contributed by atoms with E-state index in [1.165, 1.54) is 12.3 Å². The summed E-state index contributed by atoms with van der Waals surface area (Å²) in [4.78, 5) is 13.8. The first-order valence-corrected chi connectivity index (χ1v) is 6.85. The Balaban J connectivity index is 2.91. The molecule has 0 amide bonds. The predicted molar refractivity (Wildman–Crippen MR) is 81.6 cm³/mol. The molecule has 118 valence electrons. The van der Waals surface area contributed by atoms with E-state index in [0.717, 1.165) is 18.8 Å². The largest absolute Gasteiger partial charge is 0.503 e. The topological polar surface area (TPSA) is 63.9 Å². The summed E-state index contributed by atoms with van der Waals surface area (Å²) in [6.07, 6.45) is 3.17. The summed E-state index contributed by atoms with van der Waals surface area (Å²) in [5, 5.41) is 9.55. The highest BCUT2D eigenvalue weighted by Crippen LogP contribution is 2.08. The zero-order chi connectivity index (χ0) is 15.7. The lowest BCUT2D eigenvalue weighted by Gasteiger charge is -2.23. The summed E-state index contributed by atoms with van der Waals surface area (Å²) >= 11 is 0. The van der Waals surface area contributed by atoms with E-state index in [0.29, 0.717) is 26.3 Å². The van der Waals surface area contributed by atoms with Gasteiger partial charge in [-0.3, -0.25) is 9.69 Å². The van der Waals surface area contributed by atoms with Crippen molar-refractivity contribution in [3.8, 4) is 5.75 Å². The number of nitrogens with zero attached hydrogens (tertiary/aromatic N) is 2. The molecule has 1 rings (SSSR count). The molecule has 0 aliphatic heterocycles. The minimum atomic E-state index is -0.372. The Hall–Kier alpha value is -1.63. The number of aromatic nitrogens is 1. The predicted octanol–water partition coefficient (Wildman–Crippen LogP) is 0.835. The number of methoxy groups -OCH3 is 2. The third-order valence-corrected chi connectivity index (χ3v) is 3.13. The van der Waals surface area contributed by atoms with Gasteiger partial charge in [0.15, 0.2) is 5.75 Å². The summed E-state index contributed by atoms with van der Waals surface area (Å²) in [6, 6.07) is 1.46. The first-order chi connectivity index (χ1) is 10.1. The van der Waals surface area contributed by atoms with Gasteiger partial charge in [0.25, 0.3) is 0 Å². The third kappa shape index (κ3) is 5.71. The maximum Gasteiger partial charge on any atom is 0.223 e. The van der Waals surface area contributed by atoms with Gasteiger partial charge in [0.05, 0.1) is 19.4 Å². The van der Waals surface area contributed by atoms with Crippen LogP contribution < -0.4 is 5.43 Å². The molecule has 1 N–H and O–H groups in total. The number of ether oxygens (including phenoxy) is 2. The van der Waals surface area contributed by atoms with E-state index in [-0.39, 0.29) is 11.2 Å². The molecule has 0 bridgehead atoms. The lowest BCUT2D eigenvalue weighted by atomic mass is 10.2. The maximum atomic E-state index is 11.6. The first kappa shape index (κ1) is 17.4. The molecule has 0 spiro atoms. The molecule has 1 aromatic heterocycles. The van der Waals surface area contributed by atoms with E-state index in [9.17, 15) is 9.90 Å². The fourth-order valence-corrected chi connectivity index (χ4v) is 1.99. The Morgan fingerprint density at radius 3 is 2.48 bits per heavy atom. The Bertz CT molecular complexity index is 491. The van der Waals surface area contributed by atoms with Crippen LogP contribution in [0.3, 0.4) is 0 Å². The molecule has 0 aliphatic carbocycles. The first-order valence-electron chi connectivity index (χ1n) is 6.85. The van der Waals surface area contributed by atoms with Gasteiger partial charge in [-0.05, 0) is 0 Å². The standard InChI is InChI=1S/C15H24N2O4/c1-4-5-17-12-15(19)14(18)10-13(17)11-16(6-8-20-2)7-9-21-3/h4,10,12,19H,1,5-9,11H2,2-3H3. The van der Waals surface area contributed by atoms with Gasteiger partial charge < -0.3 is 19.1 Å². The van der Waals surface area contributed by atoms with E-state index in [1.807, 2.05) is 4.57 Å². The highest BCUT2D eigenvalue weighted by molar-refractivity contribution is 5.20. The van der Waals surface area contributed by atoms with Crippen LogP contribution in [0.4, 0.5) is 0 Å². The molecular weight excluding hydrogens is 272 g/mol. The van der Waals surface area contributed by atoms with Gasteiger partial charge >= 0.3 is 0 Å². The van der Waals surface area contributed by atoms with Crippen LogP contribution in [0.1, 0.15) is 5.69 Å². The van der Waals surface area contributed by atoms with Crippen LogP contribution in [0.25, 0.3) is 0 Å².